The monoisotopic (exact) mass is 303 g/mol. The molecule has 0 unspecified atom stereocenters. The largest absolute Gasteiger partial charge is 0.449 e. The van der Waals surface area contributed by atoms with Gasteiger partial charge in [0.1, 0.15) is 0 Å². The number of nitrogens with zero attached hydrogens (tertiary/aromatic N) is 2. The SMILES string of the molecule is CCOC(=O)NN(C(=O)OCC)c1ccc2ccccnc1-2. The summed E-state index contributed by atoms with van der Waals surface area (Å²) in [7, 11) is 0. The molecule has 0 spiro atoms. The van der Waals surface area contributed by atoms with Crippen LogP contribution in [0.1, 0.15) is 13.8 Å². The van der Waals surface area contributed by atoms with E-state index in [0.717, 1.165) is 10.6 Å². The highest BCUT2D eigenvalue weighted by Crippen LogP contribution is 2.31. The van der Waals surface area contributed by atoms with Crippen LogP contribution < -0.4 is 10.4 Å². The minimum absolute atomic E-state index is 0.180. The Labute approximate surface area is 128 Å². The second kappa shape index (κ2) is 7.26. The van der Waals surface area contributed by atoms with Crippen LogP contribution in [0.5, 0.6) is 0 Å². The lowest BCUT2D eigenvalue weighted by Gasteiger charge is -2.21. The van der Waals surface area contributed by atoms with Crippen LogP contribution in [0, 0.1) is 0 Å². The Morgan fingerprint density at radius 3 is 2.64 bits per heavy atom. The Morgan fingerprint density at radius 1 is 1.14 bits per heavy atom. The van der Waals surface area contributed by atoms with Gasteiger partial charge in [0.15, 0.2) is 0 Å². The number of hydrazine groups is 1. The van der Waals surface area contributed by atoms with E-state index in [1.807, 2.05) is 12.1 Å². The zero-order valence-corrected chi connectivity index (χ0v) is 12.4. The number of ether oxygens (including phenoxy) is 2. The van der Waals surface area contributed by atoms with Gasteiger partial charge < -0.3 is 9.47 Å². The summed E-state index contributed by atoms with van der Waals surface area (Å²) in [5, 5.41) is 0.997. The van der Waals surface area contributed by atoms with Crippen molar-refractivity contribution in [1.29, 1.82) is 0 Å². The minimum atomic E-state index is -0.745. The van der Waals surface area contributed by atoms with E-state index in [0.29, 0.717) is 11.4 Å². The molecule has 2 rings (SSSR count). The first-order valence-corrected chi connectivity index (χ1v) is 6.91. The average molecular weight is 303 g/mol. The smallest absolute Gasteiger partial charge is 0.433 e. The molecule has 0 saturated heterocycles. The topological polar surface area (TPSA) is 80.8 Å². The van der Waals surface area contributed by atoms with Gasteiger partial charge in [0.05, 0.1) is 24.6 Å². The van der Waals surface area contributed by atoms with Crippen LogP contribution in [0.3, 0.4) is 0 Å². The summed E-state index contributed by atoms with van der Waals surface area (Å²) in [6.07, 6.45) is 0.154. The summed E-state index contributed by atoms with van der Waals surface area (Å²) < 4.78 is 9.78. The molecule has 1 aliphatic heterocycles. The summed E-state index contributed by atoms with van der Waals surface area (Å²) in [5.74, 6) is 0. The molecule has 7 nitrogen and oxygen atoms in total. The van der Waals surface area contributed by atoms with Gasteiger partial charge in [-0.3, -0.25) is 4.98 Å². The van der Waals surface area contributed by atoms with Crippen molar-refractivity contribution in [3.8, 4) is 11.3 Å². The van der Waals surface area contributed by atoms with Crippen molar-refractivity contribution in [3.63, 3.8) is 0 Å². The summed E-state index contributed by atoms with van der Waals surface area (Å²) in [6.45, 7) is 3.73. The Balaban J connectivity index is 2.35. The third-order valence-corrected chi connectivity index (χ3v) is 2.78. The van der Waals surface area contributed by atoms with Gasteiger partial charge in [-0.2, -0.15) is 5.01 Å². The quantitative estimate of drug-likeness (QED) is 0.882. The summed E-state index contributed by atoms with van der Waals surface area (Å²) in [6, 6.07) is 8.96. The molecule has 0 aromatic heterocycles. The van der Waals surface area contributed by atoms with E-state index in [2.05, 4.69) is 10.4 Å². The third kappa shape index (κ3) is 3.43. The lowest BCUT2D eigenvalue weighted by atomic mass is 10.2. The average Bonchev–Trinajstić information content (AvgIpc) is 2.73. The van der Waals surface area contributed by atoms with Crippen LogP contribution in [-0.2, 0) is 9.47 Å². The molecular weight excluding hydrogens is 286 g/mol. The predicted molar refractivity (Wildman–Crippen MR) is 80.5 cm³/mol. The summed E-state index contributed by atoms with van der Waals surface area (Å²) in [5.41, 5.74) is 4.18. The van der Waals surface area contributed by atoms with Crippen molar-refractivity contribution in [3.05, 3.63) is 36.5 Å². The van der Waals surface area contributed by atoms with Crippen LogP contribution in [0.15, 0.2) is 36.5 Å². The van der Waals surface area contributed by atoms with E-state index in [1.165, 1.54) is 0 Å². The molecule has 0 aromatic rings. The standard InChI is InChI=1S/C15H17N3O4/c1-3-21-14(19)17-18(15(20)22-4-2)12-9-8-11-7-5-6-10-16-13(11)12/h5-10H,3-4H2,1-2H3,(H,17,19). The van der Waals surface area contributed by atoms with Crippen LogP contribution >= 0.6 is 0 Å². The molecule has 0 radical (unpaired) electrons. The van der Waals surface area contributed by atoms with Crippen molar-refractivity contribution >= 4 is 17.9 Å². The highest BCUT2D eigenvalue weighted by atomic mass is 16.6. The first-order valence-electron chi connectivity index (χ1n) is 6.91. The fourth-order valence-corrected chi connectivity index (χ4v) is 1.90. The molecule has 0 saturated carbocycles. The van der Waals surface area contributed by atoms with Gasteiger partial charge in [-0.1, -0.05) is 18.2 Å². The number of carbonyl (C=O) groups is 2. The Bertz CT molecular complexity index is 632. The van der Waals surface area contributed by atoms with Gasteiger partial charge in [-0.25, -0.2) is 15.0 Å². The fourth-order valence-electron chi connectivity index (χ4n) is 1.90. The number of hydrogen-bond acceptors (Lipinski definition) is 5. The molecule has 116 valence electrons. The molecule has 2 amide bonds. The van der Waals surface area contributed by atoms with E-state index < -0.39 is 12.2 Å². The predicted octanol–water partition coefficient (Wildman–Crippen LogP) is 2.81. The van der Waals surface area contributed by atoms with E-state index in [1.54, 1.807) is 38.2 Å². The Hall–Kier alpha value is -2.83. The number of carbonyl (C=O) groups excluding carboxylic acids is 2. The normalized spacial score (nSPS) is 10.1. The van der Waals surface area contributed by atoms with Crippen LogP contribution in [0.25, 0.3) is 11.3 Å². The molecule has 0 atom stereocenters. The van der Waals surface area contributed by atoms with Crippen LogP contribution in [0.2, 0.25) is 0 Å². The number of aromatic nitrogens is 1. The zero-order valence-electron chi connectivity index (χ0n) is 12.4. The van der Waals surface area contributed by atoms with Crippen molar-refractivity contribution in [1.82, 2.24) is 10.4 Å². The van der Waals surface area contributed by atoms with Gasteiger partial charge in [-0.15, -0.1) is 0 Å². The van der Waals surface area contributed by atoms with Crippen LogP contribution in [-0.4, -0.2) is 30.4 Å². The lowest BCUT2D eigenvalue weighted by Crippen LogP contribution is -2.47. The molecule has 1 N–H and O–H groups in total. The van der Waals surface area contributed by atoms with Crippen molar-refractivity contribution in [2.45, 2.75) is 13.8 Å². The first-order chi connectivity index (χ1) is 10.7. The lowest BCUT2D eigenvalue weighted by molar-refractivity contribution is 0.139. The molecule has 22 heavy (non-hydrogen) atoms. The van der Waals surface area contributed by atoms with Gasteiger partial charge in [0, 0.05) is 11.8 Å². The molecule has 2 aliphatic rings. The molecule has 0 aromatic carbocycles. The van der Waals surface area contributed by atoms with E-state index in [9.17, 15) is 9.59 Å². The molecular formula is C15H17N3O4. The number of anilines is 1. The van der Waals surface area contributed by atoms with Crippen molar-refractivity contribution in [2.75, 3.05) is 18.2 Å². The van der Waals surface area contributed by atoms with Gasteiger partial charge >= 0.3 is 12.2 Å². The Morgan fingerprint density at radius 2 is 1.91 bits per heavy atom. The van der Waals surface area contributed by atoms with E-state index >= 15 is 0 Å². The van der Waals surface area contributed by atoms with E-state index in [-0.39, 0.29) is 13.2 Å². The number of rotatable bonds is 3. The number of fused-ring (bicyclic) bond motifs is 1. The van der Waals surface area contributed by atoms with Gasteiger partial charge in [0.25, 0.3) is 0 Å². The number of amides is 2. The molecule has 0 fully saturated rings. The summed E-state index contributed by atoms with van der Waals surface area (Å²) >= 11 is 0. The highest BCUT2D eigenvalue weighted by Gasteiger charge is 2.25. The van der Waals surface area contributed by atoms with Crippen LogP contribution in [0.4, 0.5) is 15.3 Å². The van der Waals surface area contributed by atoms with Crippen molar-refractivity contribution in [2.24, 2.45) is 0 Å². The van der Waals surface area contributed by atoms with Gasteiger partial charge in [-0.05, 0) is 26.0 Å². The first kappa shape index (κ1) is 15.6. The number of nitrogens with one attached hydrogen (secondary N) is 1. The Kier molecular flexibility index (Phi) is 5.13. The minimum Gasteiger partial charge on any atom is -0.449 e. The fraction of sp³-hybridized carbons (Fsp3) is 0.267. The highest BCUT2D eigenvalue weighted by molar-refractivity contribution is 5.95. The second-order valence-electron chi connectivity index (χ2n) is 4.22. The maximum atomic E-state index is 12.1. The van der Waals surface area contributed by atoms with Gasteiger partial charge in [0.2, 0.25) is 0 Å². The van der Waals surface area contributed by atoms with Crippen molar-refractivity contribution < 1.29 is 19.1 Å². The third-order valence-electron chi connectivity index (χ3n) is 2.78. The molecule has 7 heteroatoms. The van der Waals surface area contributed by atoms with E-state index in [4.69, 9.17) is 9.47 Å². The number of hydrogen-bond donors (Lipinski definition) is 1. The molecule has 1 heterocycles. The maximum Gasteiger partial charge on any atom is 0.433 e. The summed E-state index contributed by atoms with van der Waals surface area (Å²) in [4.78, 5) is 28.0. The molecule has 0 bridgehead atoms. The second-order valence-corrected chi connectivity index (χ2v) is 4.22. The maximum absolute atomic E-state index is 12.1. The molecule has 1 aliphatic carbocycles. The zero-order chi connectivity index (χ0) is 15.9.